The maximum atomic E-state index is 4.94. The van der Waals surface area contributed by atoms with Crippen LogP contribution in [0.15, 0.2) is 39.5 Å². The number of halogens is 1. The Bertz CT molecular complexity index is 422. The third-order valence-corrected chi connectivity index (χ3v) is 2.40. The van der Waals surface area contributed by atoms with E-state index in [1.165, 1.54) is 0 Å². The minimum absolute atomic E-state index is 0.785. The molecule has 0 unspecified atom stereocenters. The molecular formula is C10H9BrN2O. The fourth-order valence-corrected chi connectivity index (χ4v) is 1.37. The molecule has 0 aliphatic carbocycles. The van der Waals surface area contributed by atoms with Crippen molar-refractivity contribution in [3.8, 4) is 0 Å². The van der Waals surface area contributed by atoms with Gasteiger partial charge in [0.25, 0.3) is 0 Å². The number of anilines is 2. The van der Waals surface area contributed by atoms with Crippen LogP contribution in [-0.2, 0) is 0 Å². The Kier molecular flexibility index (Phi) is 2.54. The van der Waals surface area contributed by atoms with Gasteiger partial charge in [0.2, 0.25) is 0 Å². The van der Waals surface area contributed by atoms with Crippen molar-refractivity contribution in [3.05, 3.63) is 40.7 Å². The van der Waals surface area contributed by atoms with Crippen molar-refractivity contribution in [1.82, 2.24) is 5.16 Å². The van der Waals surface area contributed by atoms with Gasteiger partial charge in [-0.25, -0.2) is 0 Å². The molecule has 1 aromatic heterocycles. The second kappa shape index (κ2) is 3.84. The summed E-state index contributed by atoms with van der Waals surface area (Å²) in [6, 6.07) is 7.92. The normalized spacial score (nSPS) is 10.1. The van der Waals surface area contributed by atoms with Crippen LogP contribution in [0.5, 0.6) is 0 Å². The summed E-state index contributed by atoms with van der Waals surface area (Å²) in [5, 5.41) is 6.89. The second-order valence-corrected chi connectivity index (χ2v) is 3.84. The van der Waals surface area contributed by atoms with E-state index in [9.17, 15) is 0 Å². The zero-order chi connectivity index (χ0) is 9.97. The molecule has 0 atom stereocenters. The fraction of sp³-hybridized carbons (Fsp3) is 0.100. The van der Waals surface area contributed by atoms with Gasteiger partial charge in [-0.2, -0.15) is 0 Å². The molecule has 0 saturated carbocycles. The van der Waals surface area contributed by atoms with Gasteiger partial charge in [0.05, 0.1) is 6.20 Å². The number of aryl methyl sites for hydroxylation is 1. The van der Waals surface area contributed by atoms with Gasteiger partial charge in [0.1, 0.15) is 5.69 Å². The lowest BCUT2D eigenvalue weighted by Crippen LogP contribution is -1.89. The third kappa shape index (κ3) is 1.96. The first-order valence-electron chi connectivity index (χ1n) is 4.19. The van der Waals surface area contributed by atoms with Crippen LogP contribution in [0.2, 0.25) is 0 Å². The fourth-order valence-electron chi connectivity index (χ4n) is 1.11. The van der Waals surface area contributed by atoms with E-state index in [2.05, 4.69) is 26.4 Å². The molecule has 1 N–H and O–H groups in total. The topological polar surface area (TPSA) is 38.1 Å². The first-order valence-corrected chi connectivity index (χ1v) is 4.99. The van der Waals surface area contributed by atoms with E-state index in [1.54, 1.807) is 6.20 Å². The minimum atomic E-state index is 0.785. The quantitative estimate of drug-likeness (QED) is 0.890. The summed E-state index contributed by atoms with van der Waals surface area (Å²) in [6.07, 6.45) is 1.66. The van der Waals surface area contributed by atoms with Crippen LogP contribution >= 0.6 is 15.9 Å². The van der Waals surface area contributed by atoms with E-state index in [0.717, 1.165) is 21.6 Å². The van der Waals surface area contributed by atoms with Crippen LogP contribution in [0, 0.1) is 6.92 Å². The first-order chi connectivity index (χ1) is 6.75. The predicted octanol–water partition coefficient (Wildman–Crippen LogP) is 3.49. The summed E-state index contributed by atoms with van der Waals surface area (Å²) in [5.41, 5.74) is 1.91. The molecule has 0 radical (unpaired) electrons. The Morgan fingerprint density at radius 1 is 1.29 bits per heavy atom. The molecule has 14 heavy (non-hydrogen) atoms. The van der Waals surface area contributed by atoms with Gasteiger partial charge in [-0.3, -0.25) is 0 Å². The SMILES string of the molecule is Cc1oncc1Nc1ccc(Br)cc1. The molecule has 72 valence electrons. The van der Waals surface area contributed by atoms with E-state index >= 15 is 0 Å². The molecule has 0 fully saturated rings. The van der Waals surface area contributed by atoms with Gasteiger partial charge < -0.3 is 9.84 Å². The number of benzene rings is 1. The predicted molar refractivity (Wildman–Crippen MR) is 58.7 cm³/mol. The average Bonchev–Trinajstić information content (AvgIpc) is 2.56. The highest BCUT2D eigenvalue weighted by Gasteiger charge is 2.01. The summed E-state index contributed by atoms with van der Waals surface area (Å²) < 4.78 is 6.00. The van der Waals surface area contributed by atoms with Gasteiger partial charge in [-0.05, 0) is 31.2 Å². The van der Waals surface area contributed by atoms with Crippen LogP contribution in [0.25, 0.3) is 0 Å². The van der Waals surface area contributed by atoms with Crippen LogP contribution in [0.4, 0.5) is 11.4 Å². The largest absolute Gasteiger partial charge is 0.359 e. The van der Waals surface area contributed by atoms with E-state index in [0.29, 0.717) is 0 Å². The van der Waals surface area contributed by atoms with E-state index < -0.39 is 0 Å². The van der Waals surface area contributed by atoms with Gasteiger partial charge in [0.15, 0.2) is 5.76 Å². The zero-order valence-electron chi connectivity index (χ0n) is 7.62. The van der Waals surface area contributed by atoms with E-state index in [1.807, 2.05) is 31.2 Å². The monoisotopic (exact) mass is 252 g/mol. The molecule has 0 spiro atoms. The standard InChI is InChI=1S/C10H9BrN2O/c1-7-10(6-12-14-7)13-9-4-2-8(11)3-5-9/h2-6,13H,1H3. The molecule has 0 saturated heterocycles. The average molecular weight is 253 g/mol. The molecule has 1 aromatic carbocycles. The van der Waals surface area contributed by atoms with Crippen molar-refractivity contribution < 1.29 is 4.52 Å². The summed E-state index contributed by atoms with van der Waals surface area (Å²) in [6.45, 7) is 1.87. The van der Waals surface area contributed by atoms with Crippen molar-refractivity contribution in [2.75, 3.05) is 5.32 Å². The van der Waals surface area contributed by atoms with Crippen molar-refractivity contribution in [1.29, 1.82) is 0 Å². The Morgan fingerprint density at radius 2 is 2.00 bits per heavy atom. The van der Waals surface area contributed by atoms with Crippen molar-refractivity contribution in [2.45, 2.75) is 6.92 Å². The van der Waals surface area contributed by atoms with Gasteiger partial charge in [-0.15, -0.1) is 0 Å². The number of nitrogens with zero attached hydrogens (tertiary/aromatic N) is 1. The molecule has 0 bridgehead atoms. The molecule has 4 heteroatoms. The maximum Gasteiger partial charge on any atom is 0.157 e. The Labute approximate surface area is 90.2 Å². The van der Waals surface area contributed by atoms with Crippen molar-refractivity contribution in [2.24, 2.45) is 0 Å². The Hall–Kier alpha value is -1.29. The molecule has 2 rings (SSSR count). The van der Waals surface area contributed by atoms with Crippen molar-refractivity contribution >= 4 is 27.3 Å². The van der Waals surface area contributed by atoms with Gasteiger partial charge in [0, 0.05) is 10.2 Å². The molecular weight excluding hydrogens is 244 g/mol. The van der Waals surface area contributed by atoms with Crippen LogP contribution < -0.4 is 5.32 Å². The number of rotatable bonds is 2. The van der Waals surface area contributed by atoms with Gasteiger partial charge in [-0.1, -0.05) is 21.1 Å². The lowest BCUT2D eigenvalue weighted by Gasteiger charge is -2.03. The third-order valence-electron chi connectivity index (χ3n) is 1.87. The minimum Gasteiger partial charge on any atom is -0.359 e. The van der Waals surface area contributed by atoms with E-state index in [-0.39, 0.29) is 0 Å². The van der Waals surface area contributed by atoms with E-state index in [4.69, 9.17) is 4.52 Å². The molecule has 1 heterocycles. The summed E-state index contributed by atoms with van der Waals surface area (Å²) in [5.74, 6) is 0.785. The molecule has 0 aliphatic rings. The number of hydrogen-bond donors (Lipinski definition) is 1. The first kappa shape index (κ1) is 9.27. The number of hydrogen-bond acceptors (Lipinski definition) is 3. The number of nitrogens with one attached hydrogen (secondary N) is 1. The van der Waals surface area contributed by atoms with Crippen LogP contribution in [0.3, 0.4) is 0 Å². The highest BCUT2D eigenvalue weighted by atomic mass is 79.9. The Morgan fingerprint density at radius 3 is 2.57 bits per heavy atom. The lowest BCUT2D eigenvalue weighted by molar-refractivity contribution is 0.398. The smallest absolute Gasteiger partial charge is 0.157 e. The highest BCUT2D eigenvalue weighted by Crippen LogP contribution is 2.21. The Balaban J connectivity index is 2.19. The molecule has 0 amide bonds. The summed E-state index contributed by atoms with van der Waals surface area (Å²) >= 11 is 3.38. The summed E-state index contributed by atoms with van der Waals surface area (Å²) in [7, 11) is 0. The van der Waals surface area contributed by atoms with Crippen LogP contribution in [-0.4, -0.2) is 5.16 Å². The summed E-state index contributed by atoms with van der Waals surface area (Å²) in [4.78, 5) is 0. The highest BCUT2D eigenvalue weighted by molar-refractivity contribution is 9.10. The number of aromatic nitrogens is 1. The van der Waals surface area contributed by atoms with Gasteiger partial charge >= 0.3 is 0 Å². The van der Waals surface area contributed by atoms with Crippen LogP contribution in [0.1, 0.15) is 5.76 Å². The molecule has 0 aliphatic heterocycles. The second-order valence-electron chi connectivity index (χ2n) is 2.93. The lowest BCUT2D eigenvalue weighted by atomic mass is 10.3. The zero-order valence-corrected chi connectivity index (χ0v) is 9.21. The maximum absolute atomic E-state index is 4.94. The molecule has 2 aromatic rings. The van der Waals surface area contributed by atoms with Crippen molar-refractivity contribution in [3.63, 3.8) is 0 Å². The molecule has 3 nitrogen and oxygen atoms in total.